The summed E-state index contributed by atoms with van der Waals surface area (Å²) in [5.41, 5.74) is 18.8. The van der Waals surface area contributed by atoms with Crippen molar-refractivity contribution in [2.24, 2.45) is 17.8 Å². The normalized spacial score (nSPS) is 22.9. The number of hydrogen-bond donors (Lipinski definition) is 0. The third-order valence-electron chi connectivity index (χ3n) is 12.6. The molecule has 0 fully saturated rings. The summed E-state index contributed by atoms with van der Waals surface area (Å²) in [6.07, 6.45) is 43.3. The Labute approximate surface area is 347 Å². The van der Waals surface area contributed by atoms with E-state index in [4.69, 9.17) is 0 Å². The second kappa shape index (κ2) is 14.7. The smallest absolute Gasteiger partial charge is 0.0467 e. The van der Waals surface area contributed by atoms with Gasteiger partial charge in [0.2, 0.25) is 0 Å². The fourth-order valence-corrected chi connectivity index (χ4v) is 9.80. The molecule has 0 radical (unpaired) electrons. The molecule has 2 nitrogen and oxygen atoms in total. The van der Waals surface area contributed by atoms with Gasteiger partial charge in [-0.25, -0.2) is 0 Å². The summed E-state index contributed by atoms with van der Waals surface area (Å²) < 4.78 is 0. The van der Waals surface area contributed by atoms with Crippen molar-refractivity contribution in [1.82, 2.24) is 0 Å². The number of benzene rings is 4. The summed E-state index contributed by atoms with van der Waals surface area (Å²) in [6, 6.07) is 39.8. The summed E-state index contributed by atoms with van der Waals surface area (Å²) >= 11 is 0. The Balaban J connectivity index is 0.851. The topological polar surface area (TPSA) is 6.48 Å². The van der Waals surface area contributed by atoms with Gasteiger partial charge in [0.1, 0.15) is 0 Å². The highest BCUT2D eigenvalue weighted by atomic mass is 15.2. The van der Waals surface area contributed by atoms with Gasteiger partial charge in [0.15, 0.2) is 0 Å². The second-order valence-corrected chi connectivity index (χ2v) is 16.2. The zero-order valence-corrected chi connectivity index (χ0v) is 33.1. The van der Waals surface area contributed by atoms with Crippen LogP contribution in [0.5, 0.6) is 0 Å². The molecule has 2 heteroatoms. The van der Waals surface area contributed by atoms with Crippen molar-refractivity contribution < 1.29 is 0 Å². The molecule has 0 bridgehead atoms. The number of allylic oxidation sites excluding steroid dienone is 26. The van der Waals surface area contributed by atoms with E-state index in [0.717, 1.165) is 22.7 Å². The van der Waals surface area contributed by atoms with Gasteiger partial charge in [-0.15, -0.1) is 0 Å². The molecule has 4 atom stereocenters. The molecule has 0 saturated carbocycles. The highest BCUT2D eigenvalue weighted by molar-refractivity contribution is 5.80. The molecule has 11 rings (SSSR count). The van der Waals surface area contributed by atoms with Crippen LogP contribution in [0.15, 0.2) is 269 Å². The Kier molecular flexibility index (Phi) is 8.70. The molecule has 0 heterocycles. The van der Waals surface area contributed by atoms with Gasteiger partial charge >= 0.3 is 0 Å². The molecule has 4 aromatic carbocycles. The minimum atomic E-state index is 0.294. The lowest BCUT2D eigenvalue weighted by Gasteiger charge is -2.34. The van der Waals surface area contributed by atoms with Crippen LogP contribution in [0, 0.1) is 17.8 Å². The van der Waals surface area contributed by atoms with E-state index < -0.39 is 0 Å². The van der Waals surface area contributed by atoms with Crippen LogP contribution < -0.4 is 9.80 Å². The van der Waals surface area contributed by atoms with Crippen molar-refractivity contribution in [1.29, 1.82) is 0 Å². The molecule has 7 aliphatic rings. The van der Waals surface area contributed by atoms with E-state index in [9.17, 15) is 0 Å². The number of anilines is 4. The van der Waals surface area contributed by atoms with E-state index in [2.05, 4.69) is 241 Å². The Bertz CT molecular complexity index is 2800. The average Bonchev–Trinajstić information content (AvgIpc) is 3.28. The van der Waals surface area contributed by atoms with Crippen molar-refractivity contribution in [3.05, 3.63) is 281 Å². The van der Waals surface area contributed by atoms with Crippen molar-refractivity contribution >= 4 is 28.3 Å². The Morgan fingerprint density at radius 2 is 0.847 bits per heavy atom. The third-order valence-corrected chi connectivity index (χ3v) is 12.6. The summed E-state index contributed by atoms with van der Waals surface area (Å²) in [5.74, 6) is 1.28. The summed E-state index contributed by atoms with van der Waals surface area (Å²) in [6.45, 7) is 2.35. The molecule has 4 aromatic rings. The molecule has 282 valence electrons. The first-order chi connectivity index (χ1) is 29.1. The van der Waals surface area contributed by atoms with Gasteiger partial charge in [-0.3, -0.25) is 0 Å². The van der Waals surface area contributed by atoms with Gasteiger partial charge in [-0.1, -0.05) is 159 Å². The van der Waals surface area contributed by atoms with Gasteiger partial charge in [0.25, 0.3) is 0 Å². The van der Waals surface area contributed by atoms with Gasteiger partial charge in [-0.2, -0.15) is 0 Å². The van der Waals surface area contributed by atoms with Gasteiger partial charge in [-0.05, 0) is 129 Å². The molecule has 0 amide bonds. The van der Waals surface area contributed by atoms with Crippen molar-refractivity contribution in [3.8, 4) is 0 Å². The molecule has 0 saturated heterocycles. The minimum absolute atomic E-state index is 0.294. The van der Waals surface area contributed by atoms with Crippen molar-refractivity contribution in [3.63, 3.8) is 0 Å². The minimum Gasteiger partial charge on any atom is -0.310 e. The largest absolute Gasteiger partial charge is 0.310 e. The second-order valence-electron chi connectivity index (χ2n) is 16.2. The molecule has 0 aromatic heterocycles. The molecule has 0 N–H and O–H groups in total. The first-order valence-corrected chi connectivity index (χ1v) is 20.8. The fourth-order valence-electron chi connectivity index (χ4n) is 9.80. The van der Waals surface area contributed by atoms with E-state index in [1.54, 1.807) is 0 Å². The first-order valence-electron chi connectivity index (χ1n) is 20.8. The lowest BCUT2D eigenvalue weighted by molar-refractivity contribution is 0.638. The predicted octanol–water partition coefficient (Wildman–Crippen LogP) is 14.2. The van der Waals surface area contributed by atoms with Crippen LogP contribution in [-0.4, -0.2) is 0 Å². The van der Waals surface area contributed by atoms with Crippen LogP contribution in [0.2, 0.25) is 0 Å². The molecule has 59 heavy (non-hydrogen) atoms. The predicted molar refractivity (Wildman–Crippen MR) is 247 cm³/mol. The molecule has 0 spiro atoms. The highest BCUT2D eigenvalue weighted by Gasteiger charge is 2.31. The van der Waals surface area contributed by atoms with E-state index in [0.29, 0.717) is 23.7 Å². The van der Waals surface area contributed by atoms with Crippen LogP contribution in [0.4, 0.5) is 22.7 Å². The maximum atomic E-state index is 2.44. The lowest BCUT2D eigenvalue weighted by atomic mass is 9.75. The summed E-state index contributed by atoms with van der Waals surface area (Å²) in [5, 5.41) is 0. The van der Waals surface area contributed by atoms with Gasteiger partial charge in [0, 0.05) is 51.9 Å². The number of nitrogens with zero attached hydrogens (tertiary/aromatic N) is 2. The van der Waals surface area contributed by atoms with Crippen LogP contribution in [0.3, 0.4) is 0 Å². The molecule has 4 unspecified atom stereocenters. The van der Waals surface area contributed by atoms with E-state index in [-0.39, 0.29) is 0 Å². The standard InChI is InChI=1S/C57H44N2/c1-39-34-44(40-24-29-51(30-25-40)58(49-20-4-2-5-21-49)53-35-45-16-8-12-42-13-9-17-46(36-53)56(42)45)28-33-55(39)41-26-31-52(32-27-41)59(50-22-6-3-7-23-50)54-37-47-18-10-14-43-15-11-19-48(38-54)57(43)47/h2-39,55-57H,1H3. The third kappa shape index (κ3) is 6.38. The molecular weight excluding hydrogens is 713 g/mol. The summed E-state index contributed by atoms with van der Waals surface area (Å²) in [7, 11) is 0. The van der Waals surface area contributed by atoms with Gasteiger partial charge in [0.05, 0.1) is 0 Å². The lowest BCUT2D eigenvalue weighted by Crippen LogP contribution is -2.22. The van der Waals surface area contributed by atoms with Crippen molar-refractivity contribution in [2.75, 3.05) is 9.80 Å². The summed E-state index contributed by atoms with van der Waals surface area (Å²) in [4.78, 5) is 4.77. The first kappa shape index (κ1) is 35.0. The molecular formula is C57H44N2. The number of para-hydroxylation sites is 2. The Morgan fingerprint density at radius 1 is 0.407 bits per heavy atom. The molecule has 0 aliphatic heterocycles. The van der Waals surface area contributed by atoms with Crippen LogP contribution >= 0.6 is 0 Å². The highest BCUT2D eigenvalue weighted by Crippen LogP contribution is 2.45. The maximum absolute atomic E-state index is 2.44. The van der Waals surface area contributed by atoms with Crippen LogP contribution in [0.25, 0.3) is 5.57 Å². The maximum Gasteiger partial charge on any atom is 0.0467 e. The van der Waals surface area contributed by atoms with E-state index >= 15 is 0 Å². The zero-order valence-electron chi connectivity index (χ0n) is 33.1. The van der Waals surface area contributed by atoms with Crippen molar-refractivity contribution in [2.45, 2.75) is 12.8 Å². The number of hydrogen-bond acceptors (Lipinski definition) is 2. The Morgan fingerprint density at radius 3 is 1.34 bits per heavy atom. The van der Waals surface area contributed by atoms with E-state index in [1.165, 1.54) is 61.5 Å². The fraction of sp³-hybridized carbons (Fsp3) is 0.0877. The number of rotatable bonds is 8. The Hall–Kier alpha value is -7.16. The molecule has 7 aliphatic carbocycles. The van der Waals surface area contributed by atoms with Crippen LogP contribution in [0.1, 0.15) is 24.0 Å². The monoisotopic (exact) mass is 756 g/mol. The average molecular weight is 757 g/mol. The zero-order chi connectivity index (χ0) is 39.3. The van der Waals surface area contributed by atoms with Gasteiger partial charge < -0.3 is 9.80 Å². The van der Waals surface area contributed by atoms with Crippen LogP contribution in [-0.2, 0) is 0 Å². The SMILES string of the molecule is CC1C=C(c2ccc(N(C3=CC4=CC=CC5=CC=CC(=C3)C54)c3ccccc3)cc2)C=CC1c1ccc(N(C2=CC3=CC=CC4=CC=CC(=C2)C43)c2ccccc2)cc1. The van der Waals surface area contributed by atoms with E-state index in [1.807, 2.05) is 0 Å². The quantitative estimate of drug-likeness (QED) is 0.177.